The zero-order valence-corrected chi connectivity index (χ0v) is 8.60. The summed E-state index contributed by atoms with van der Waals surface area (Å²) in [5, 5.41) is 27.1. The Morgan fingerprint density at radius 3 is 2.43 bits per heavy atom. The van der Waals surface area contributed by atoms with Gasteiger partial charge in [-0.2, -0.15) is 0 Å². The van der Waals surface area contributed by atoms with Crippen LogP contribution in [-0.2, 0) is 4.79 Å². The molecule has 0 aliphatic heterocycles. The van der Waals surface area contributed by atoms with E-state index < -0.39 is 12.1 Å². The van der Waals surface area contributed by atoms with E-state index in [2.05, 4.69) is 0 Å². The highest BCUT2D eigenvalue weighted by atomic mass is 16.4. The van der Waals surface area contributed by atoms with Gasteiger partial charge in [-0.05, 0) is 19.4 Å². The molecule has 0 aliphatic carbocycles. The molecule has 82 valence electrons. The second kappa shape index (κ2) is 6.56. The van der Waals surface area contributed by atoms with Crippen molar-refractivity contribution in [3.8, 4) is 0 Å². The van der Waals surface area contributed by atoms with Gasteiger partial charge in [0.15, 0.2) is 0 Å². The lowest BCUT2D eigenvalue weighted by Gasteiger charge is -2.17. The first-order valence-corrected chi connectivity index (χ1v) is 4.73. The van der Waals surface area contributed by atoms with Crippen LogP contribution in [0.3, 0.4) is 0 Å². The first-order valence-electron chi connectivity index (χ1n) is 4.73. The maximum Gasteiger partial charge on any atom is 0.331 e. The molecule has 0 rings (SSSR count). The van der Waals surface area contributed by atoms with E-state index in [0.717, 1.165) is 6.42 Å². The Hall–Kier alpha value is -0.870. The van der Waals surface area contributed by atoms with Crippen LogP contribution in [0.2, 0.25) is 0 Å². The van der Waals surface area contributed by atoms with Crippen molar-refractivity contribution in [1.29, 1.82) is 0 Å². The molecular formula is C10H18O4. The Bertz CT molecular complexity index is 210. The van der Waals surface area contributed by atoms with Gasteiger partial charge in [0.1, 0.15) is 0 Å². The van der Waals surface area contributed by atoms with Crippen LogP contribution in [0.4, 0.5) is 0 Å². The van der Waals surface area contributed by atoms with Gasteiger partial charge in [-0.1, -0.05) is 13.3 Å². The lowest BCUT2D eigenvalue weighted by Crippen LogP contribution is -2.22. The van der Waals surface area contributed by atoms with Gasteiger partial charge in [0.05, 0.1) is 6.10 Å². The van der Waals surface area contributed by atoms with Crippen molar-refractivity contribution in [3.63, 3.8) is 0 Å². The normalized spacial score (nSPS) is 16.4. The molecule has 2 unspecified atom stereocenters. The Kier molecular flexibility index (Phi) is 6.16. The summed E-state index contributed by atoms with van der Waals surface area (Å²) in [4.78, 5) is 10.5. The average molecular weight is 202 g/mol. The molecule has 0 aromatic heterocycles. The number of hydrogen-bond donors (Lipinski definition) is 3. The topological polar surface area (TPSA) is 77.8 Å². The van der Waals surface area contributed by atoms with E-state index in [1.54, 1.807) is 0 Å². The van der Waals surface area contributed by atoms with Crippen LogP contribution in [0.25, 0.3) is 0 Å². The molecule has 0 bridgehead atoms. The summed E-state index contributed by atoms with van der Waals surface area (Å²) in [6, 6.07) is 0. The van der Waals surface area contributed by atoms with Crippen LogP contribution < -0.4 is 0 Å². The smallest absolute Gasteiger partial charge is 0.331 e. The van der Waals surface area contributed by atoms with E-state index in [1.807, 2.05) is 6.92 Å². The summed E-state index contributed by atoms with van der Waals surface area (Å²) in [7, 11) is 0. The first-order chi connectivity index (χ1) is 6.52. The van der Waals surface area contributed by atoms with Crippen molar-refractivity contribution in [1.82, 2.24) is 0 Å². The van der Waals surface area contributed by atoms with Gasteiger partial charge in [0, 0.05) is 18.1 Å². The van der Waals surface area contributed by atoms with Gasteiger partial charge in [-0.25, -0.2) is 4.79 Å². The number of carboxylic acid groups (broad SMARTS) is 1. The number of aliphatic hydroxyl groups excluding tert-OH is 2. The summed E-state index contributed by atoms with van der Waals surface area (Å²) < 4.78 is 0. The predicted molar refractivity (Wildman–Crippen MR) is 52.9 cm³/mol. The molecule has 0 saturated carbocycles. The van der Waals surface area contributed by atoms with Crippen LogP contribution >= 0.6 is 0 Å². The van der Waals surface area contributed by atoms with Crippen LogP contribution in [0, 0.1) is 5.92 Å². The summed E-state index contributed by atoms with van der Waals surface area (Å²) in [5.41, 5.74) is 0.104. The van der Waals surface area contributed by atoms with Crippen LogP contribution in [0.5, 0.6) is 0 Å². The maximum atomic E-state index is 10.5. The fourth-order valence-corrected chi connectivity index (χ4v) is 1.20. The Labute approximate surface area is 83.9 Å². The lowest BCUT2D eigenvalue weighted by molar-refractivity contribution is -0.132. The SMILES string of the molecule is CCCC(CO)C(O)C=C(C)C(=O)O. The fraction of sp³-hybridized carbons (Fsp3) is 0.700. The van der Waals surface area contributed by atoms with Gasteiger partial charge < -0.3 is 15.3 Å². The molecule has 0 amide bonds. The van der Waals surface area contributed by atoms with Crippen molar-refractivity contribution in [2.45, 2.75) is 32.8 Å². The van der Waals surface area contributed by atoms with E-state index in [0.29, 0.717) is 6.42 Å². The van der Waals surface area contributed by atoms with E-state index in [1.165, 1.54) is 13.0 Å². The summed E-state index contributed by atoms with van der Waals surface area (Å²) >= 11 is 0. The molecule has 0 fully saturated rings. The highest BCUT2D eigenvalue weighted by Gasteiger charge is 2.16. The molecule has 0 heterocycles. The first kappa shape index (κ1) is 13.1. The summed E-state index contributed by atoms with van der Waals surface area (Å²) in [6.45, 7) is 3.24. The van der Waals surface area contributed by atoms with E-state index >= 15 is 0 Å². The number of rotatable bonds is 6. The molecule has 0 spiro atoms. The zero-order chi connectivity index (χ0) is 11.1. The minimum absolute atomic E-state index is 0.104. The predicted octanol–water partition coefficient (Wildman–Crippen LogP) is 0.787. The van der Waals surface area contributed by atoms with Crippen LogP contribution in [0.15, 0.2) is 11.6 Å². The summed E-state index contributed by atoms with van der Waals surface area (Å²) in [5.74, 6) is -1.31. The molecule has 0 saturated heterocycles. The molecule has 2 atom stereocenters. The van der Waals surface area contributed by atoms with E-state index in [9.17, 15) is 9.90 Å². The lowest BCUT2D eigenvalue weighted by atomic mass is 9.96. The quantitative estimate of drug-likeness (QED) is 0.556. The fourth-order valence-electron chi connectivity index (χ4n) is 1.20. The van der Waals surface area contributed by atoms with Gasteiger partial charge in [-0.3, -0.25) is 0 Å². The van der Waals surface area contributed by atoms with Crippen molar-refractivity contribution < 1.29 is 20.1 Å². The Morgan fingerprint density at radius 2 is 2.07 bits per heavy atom. The highest BCUT2D eigenvalue weighted by Crippen LogP contribution is 2.13. The standard InChI is InChI=1S/C10H18O4/c1-3-4-8(6-11)9(12)5-7(2)10(13)14/h5,8-9,11-12H,3-4,6H2,1-2H3,(H,13,14). The third-order valence-corrected chi connectivity index (χ3v) is 2.14. The van der Waals surface area contributed by atoms with Gasteiger partial charge >= 0.3 is 5.97 Å². The van der Waals surface area contributed by atoms with E-state index in [4.69, 9.17) is 10.2 Å². The van der Waals surface area contributed by atoms with Crippen molar-refractivity contribution >= 4 is 5.97 Å². The Morgan fingerprint density at radius 1 is 1.50 bits per heavy atom. The molecule has 0 aliphatic rings. The van der Waals surface area contributed by atoms with Crippen molar-refractivity contribution in [3.05, 3.63) is 11.6 Å². The van der Waals surface area contributed by atoms with Gasteiger partial charge in [0.25, 0.3) is 0 Å². The zero-order valence-electron chi connectivity index (χ0n) is 8.60. The van der Waals surface area contributed by atoms with Gasteiger partial charge in [0.2, 0.25) is 0 Å². The molecule has 3 N–H and O–H groups in total. The molecule has 14 heavy (non-hydrogen) atoms. The summed E-state index contributed by atoms with van der Waals surface area (Å²) in [6.07, 6.45) is 1.93. The number of aliphatic hydroxyl groups is 2. The molecule has 0 aromatic rings. The minimum atomic E-state index is -1.04. The molecule has 0 aromatic carbocycles. The van der Waals surface area contributed by atoms with Gasteiger partial charge in [-0.15, -0.1) is 0 Å². The number of aliphatic carboxylic acids is 1. The molecule has 0 radical (unpaired) electrons. The maximum absolute atomic E-state index is 10.5. The third kappa shape index (κ3) is 4.39. The molecular weight excluding hydrogens is 184 g/mol. The number of carboxylic acids is 1. The highest BCUT2D eigenvalue weighted by molar-refractivity contribution is 5.85. The largest absolute Gasteiger partial charge is 0.478 e. The minimum Gasteiger partial charge on any atom is -0.478 e. The monoisotopic (exact) mass is 202 g/mol. The molecule has 4 heteroatoms. The number of carbonyl (C=O) groups is 1. The van der Waals surface area contributed by atoms with Crippen LogP contribution in [-0.4, -0.2) is 34.0 Å². The van der Waals surface area contributed by atoms with E-state index in [-0.39, 0.29) is 18.1 Å². The van der Waals surface area contributed by atoms with Crippen molar-refractivity contribution in [2.24, 2.45) is 5.92 Å². The second-order valence-corrected chi connectivity index (χ2v) is 3.38. The van der Waals surface area contributed by atoms with Crippen LogP contribution in [0.1, 0.15) is 26.7 Å². The third-order valence-electron chi connectivity index (χ3n) is 2.14. The average Bonchev–Trinajstić information content (AvgIpc) is 2.13. The molecule has 4 nitrogen and oxygen atoms in total. The second-order valence-electron chi connectivity index (χ2n) is 3.38. The van der Waals surface area contributed by atoms with Crippen molar-refractivity contribution in [2.75, 3.05) is 6.61 Å². The number of hydrogen-bond acceptors (Lipinski definition) is 3. The Balaban J connectivity index is 4.35.